The van der Waals surface area contributed by atoms with Gasteiger partial charge in [0.2, 0.25) is 11.8 Å². The number of halogens is 1. The molecular weight excluding hydrogens is 412 g/mol. The highest BCUT2D eigenvalue weighted by Crippen LogP contribution is 2.60. The van der Waals surface area contributed by atoms with Crippen LogP contribution in [0, 0.1) is 23.2 Å². The van der Waals surface area contributed by atoms with Gasteiger partial charge in [-0.25, -0.2) is 0 Å². The summed E-state index contributed by atoms with van der Waals surface area (Å²) in [4.78, 5) is 29.2. The largest absolute Gasteiger partial charge is 0.492 e. The van der Waals surface area contributed by atoms with Gasteiger partial charge in [0.05, 0.1) is 23.1 Å². The molecule has 2 atom stereocenters. The van der Waals surface area contributed by atoms with Crippen molar-refractivity contribution in [3.8, 4) is 5.75 Å². The van der Waals surface area contributed by atoms with Crippen LogP contribution in [0.3, 0.4) is 0 Å². The zero-order valence-electron chi connectivity index (χ0n) is 17.9. The van der Waals surface area contributed by atoms with Gasteiger partial charge in [0, 0.05) is 18.5 Å². The van der Waals surface area contributed by atoms with Gasteiger partial charge in [-0.3, -0.25) is 9.59 Å². The van der Waals surface area contributed by atoms with Gasteiger partial charge in [0.15, 0.2) is 0 Å². The molecule has 5 nitrogen and oxygen atoms in total. The molecular formula is C25H31ClN2O3. The zero-order chi connectivity index (χ0) is 21.2. The van der Waals surface area contributed by atoms with Crippen LogP contribution in [0.25, 0.3) is 0 Å². The van der Waals surface area contributed by atoms with Crippen LogP contribution in [-0.2, 0) is 9.59 Å². The smallest absolute Gasteiger partial charge is 0.243 e. The van der Waals surface area contributed by atoms with Crippen LogP contribution in [0.5, 0.6) is 5.75 Å². The Labute approximate surface area is 188 Å². The first-order valence-electron chi connectivity index (χ1n) is 12.0. The second kappa shape index (κ2) is 7.40. The van der Waals surface area contributed by atoms with Crippen molar-refractivity contribution in [3.63, 3.8) is 0 Å². The number of rotatable bonds is 3. The molecule has 2 unspecified atom stereocenters. The third kappa shape index (κ3) is 3.26. The number of hydrogen-bond acceptors (Lipinski definition) is 3. The molecule has 1 N–H and O–H groups in total. The number of nitrogens with one attached hydrogen (secondary N) is 1. The summed E-state index contributed by atoms with van der Waals surface area (Å²) in [6.07, 6.45) is 9.50. The molecule has 4 bridgehead atoms. The number of fused-ring (bicyclic) bond motifs is 1. The molecule has 4 saturated carbocycles. The van der Waals surface area contributed by atoms with E-state index in [0.29, 0.717) is 23.8 Å². The van der Waals surface area contributed by atoms with Gasteiger partial charge in [0.25, 0.3) is 0 Å². The van der Waals surface area contributed by atoms with E-state index in [1.807, 2.05) is 23.1 Å². The fraction of sp³-hybridized carbons (Fsp3) is 0.680. The molecule has 0 spiro atoms. The van der Waals surface area contributed by atoms with E-state index >= 15 is 0 Å². The first-order chi connectivity index (χ1) is 15.0. The van der Waals surface area contributed by atoms with Crippen molar-refractivity contribution in [2.45, 2.75) is 69.9 Å². The minimum atomic E-state index is -0.342. The molecule has 6 heteroatoms. The summed E-state index contributed by atoms with van der Waals surface area (Å²) in [6.45, 7) is 1.25. The lowest BCUT2D eigenvalue weighted by atomic mass is 9.49. The summed E-state index contributed by atoms with van der Waals surface area (Å²) in [7, 11) is 0. The Morgan fingerprint density at radius 2 is 1.77 bits per heavy atom. The molecule has 166 valence electrons. The summed E-state index contributed by atoms with van der Waals surface area (Å²) in [5.74, 6) is 3.12. The fourth-order valence-electron chi connectivity index (χ4n) is 7.76. The molecule has 2 heterocycles. The van der Waals surface area contributed by atoms with Gasteiger partial charge in [-0.2, -0.15) is 0 Å². The number of ether oxygens (including phenoxy) is 1. The second-order valence-corrected chi connectivity index (χ2v) is 11.1. The van der Waals surface area contributed by atoms with E-state index in [-0.39, 0.29) is 29.3 Å². The second-order valence-electron chi connectivity index (χ2n) is 10.7. The van der Waals surface area contributed by atoms with E-state index in [1.54, 1.807) is 0 Å². The van der Waals surface area contributed by atoms with Crippen molar-refractivity contribution in [2.75, 3.05) is 13.2 Å². The third-order valence-corrected chi connectivity index (χ3v) is 8.95. The first-order valence-corrected chi connectivity index (χ1v) is 12.4. The number of amides is 2. The van der Waals surface area contributed by atoms with Crippen molar-refractivity contribution in [3.05, 3.63) is 28.8 Å². The Balaban J connectivity index is 1.20. The molecule has 5 fully saturated rings. The maximum absolute atomic E-state index is 13.9. The molecule has 0 radical (unpaired) electrons. The molecule has 31 heavy (non-hydrogen) atoms. The van der Waals surface area contributed by atoms with Crippen LogP contribution in [0.15, 0.2) is 18.2 Å². The Kier molecular flexibility index (Phi) is 4.75. The number of carbonyl (C=O) groups is 2. The maximum atomic E-state index is 13.9. The lowest BCUT2D eigenvalue weighted by Crippen LogP contribution is -2.57. The molecule has 7 rings (SSSR count). The van der Waals surface area contributed by atoms with E-state index < -0.39 is 0 Å². The summed E-state index contributed by atoms with van der Waals surface area (Å²) < 4.78 is 5.74. The van der Waals surface area contributed by atoms with Crippen molar-refractivity contribution in [1.82, 2.24) is 10.2 Å². The highest BCUT2D eigenvalue weighted by Gasteiger charge is 2.56. The maximum Gasteiger partial charge on any atom is 0.243 e. The van der Waals surface area contributed by atoms with Gasteiger partial charge in [0.1, 0.15) is 11.8 Å². The molecule has 1 saturated heterocycles. The topological polar surface area (TPSA) is 58.6 Å². The fourth-order valence-corrected chi connectivity index (χ4v) is 8.00. The number of hydrogen-bond donors (Lipinski definition) is 1. The van der Waals surface area contributed by atoms with Gasteiger partial charge in [-0.05, 0) is 75.2 Å². The van der Waals surface area contributed by atoms with Gasteiger partial charge < -0.3 is 15.0 Å². The predicted molar refractivity (Wildman–Crippen MR) is 118 cm³/mol. The minimum absolute atomic E-state index is 0.0200. The Hall–Kier alpha value is -1.75. The zero-order valence-corrected chi connectivity index (χ0v) is 18.7. The van der Waals surface area contributed by atoms with Crippen molar-refractivity contribution in [2.24, 2.45) is 23.2 Å². The highest BCUT2D eigenvalue weighted by molar-refractivity contribution is 6.32. The number of likely N-dealkylation sites (tertiary alicyclic amines) is 1. The standard InChI is InChI=1S/C25H31ClN2O3/c26-19-4-1-3-18-20(6-8-31-22(18)19)27-23(29)21-5-2-7-28(21)24(30)25-12-15-9-16(13-25)11-17(10-15)14-25/h1,3-4,15-17,20-21H,2,5-14H2,(H,27,29). The quantitative estimate of drug-likeness (QED) is 0.750. The van der Waals surface area contributed by atoms with E-state index in [2.05, 4.69) is 5.32 Å². The molecule has 2 amide bonds. The highest BCUT2D eigenvalue weighted by atomic mass is 35.5. The molecule has 6 aliphatic rings. The minimum Gasteiger partial charge on any atom is -0.492 e. The van der Waals surface area contributed by atoms with Crippen LogP contribution < -0.4 is 10.1 Å². The van der Waals surface area contributed by atoms with Crippen molar-refractivity contribution < 1.29 is 14.3 Å². The Bertz CT molecular complexity index is 881. The Morgan fingerprint density at radius 3 is 2.48 bits per heavy atom. The number of para-hydroxylation sites is 1. The van der Waals surface area contributed by atoms with E-state index in [9.17, 15) is 9.59 Å². The number of carbonyl (C=O) groups excluding carboxylic acids is 2. The molecule has 4 aliphatic carbocycles. The van der Waals surface area contributed by atoms with Crippen LogP contribution in [-0.4, -0.2) is 35.9 Å². The summed E-state index contributed by atoms with van der Waals surface area (Å²) in [6, 6.07) is 5.22. The molecule has 1 aromatic rings. The van der Waals surface area contributed by atoms with Crippen molar-refractivity contribution >= 4 is 23.4 Å². The predicted octanol–water partition coefficient (Wildman–Crippen LogP) is 4.49. The van der Waals surface area contributed by atoms with Gasteiger partial charge in [-0.1, -0.05) is 23.7 Å². The number of benzene rings is 1. The third-order valence-electron chi connectivity index (χ3n) is 8.65. The first kappa shape index (κ1) is 19.9. The number of nitrogens with zero attached hydrogens (tertiary/aromatic N) is 1. The monoisotopic (exact) mass is 442 g/mol. The van der Waals surface area contributed by atoms with E-state index in [1.165, 1.54) is 19.3 Å². The molecule has 0 aromatic heterocycles. The lowest BCUT2D eigenvalue weighted by molar-refractivity contribution is -0.160. The Morgan fingerprint density at radius 1 is 1.06 bits per heavy atom. The van der Waals surface area contributed by atoms with Crippen LogP contribution in [0.2, 0.25) is 5.02 Å². The van der Waals surface area contributed by atoms with E-state index in [4.69, 9.17) is 16.3 Å². The van der Waals surface area contributed by atoms with Crippen molar-refractivity contribution in [1.29, 1.82) is 0 Å². The van der Waals surface area contributed by atoms with Gasteiger partial charge in [-0.15, -0.1) is 0 Å². The van der Waals surface area contributed by atoms with Crippen LogP contribution in [0.4, 0.5) is 0 Å². The SMILES string of the molecule is O=C(NC1CCOc2c(Cl)cccc21)C1CCCN1C(=O)C12CC3CC(CC(C3)C1)C2. The van der Waals surface area contributed by atoms with Crippen LogP contribution >= 0.6 is 11.6 Å². The lowest BCUT2D eigenvalue weighted by Gasteiger charge is -2.56. The van der Waals surface area contributed by atoms with Gasteiger partial charge >= 0.3 is 0 Å². The van der Waals surface area contributed by atoms with E-state index in [0.717, 1.165) is 62.0 Å². The molecule has 2 aliphatic heterocycles. The normalized spacial score (nSPS) is 38.0. The summed E-state index contributed by atoms with van der Waals surface area (Å²) in [5, 5.41) is 3.81. The summed E-state index contributed by atoms with van der Waals surface area (Å²) in [5.41, 5.74) is 0.750. The molecule has 1 aromatic carbocycles. The van der Waals surface area contributed by atoms with Crippen LogP contribution in [0.1, 0.15) is 69.4 Å². The average Bonchev–Trinajstić information content (AvgIpc) is 3.23. The summed E-state index contributed by atoms with van der Waals surface area (Å²) >= 11 is 6.30. The average molecular weight is 443 g/mol.